The fraction of sp³-hybridized carbons (Fsp3) is 0.500. The summed E-state index contributed by atoms with van der Waals surface area (Å²) >= 11 is 0. The van der Waals surface area contributed by atoms with E-state index >= 15 is 0 Å². The highest BCUT2D eigenvalue weighted by Crippen LogP contribution is 2.33. The summed E-state index contributed by atoms with van der Waals surface area (Å²) in [6.07, 6.45) is -4.35. The van der Waals surface area contributed by atoms with Crippen LogP contribution in [0.2, 0.25) is 0 Å². The zero-order chi connectivity index (χ0) is 13.9. The van der Waals surface area contributed by atoms with Crippen molar-refractivity contribution in [1.29, 1.82) is 0 Å². The van der Waals surface area contributed by atoms with Crippen LogP contribution in [0.25, 0.3) is 0 Å². The van der Waals surface area contributed by atoms with Crippen molar-refractivity contribution >= 4 is 11.4 Å². The van der Waals surface area contributed by atoms with Gasteiger partial charge in [0.05, 0.1) is 16.9 Å². The zero-order valence-electron chi connectivity index (χ0n) is 10.8. The van der Waals surface area contributed by atoms with E-state index in [2.05, 4.69) is 0 Å². The molecule has 0 aliphatic rings. The first kappa shape index (κ1) is 14.6. The summed E-state index contributed by atoms with van der Waals surface area (Å²) in [7, 11) is 5.68. The van der Waals surface area contributed by atoms with Gasteiger partial charge < -0.3 is 15.5 Å². The number of nitrogens with two attached hydrogens (primary N) is 1. The number of anilines is 2. The Labute approximate surface area is 105 Å². The summed E-state index contributed by atoms with van der Waals surface area (Å²) < 4.78 is 37.4. The first-order valence-corrected chi connectivity index (χ1v) is 5.54. The van der Waals surface area contributed by atoms with Crippen LogP contribution < -0.4 is 10.6 Å². The minimum Gasteiger partial charge on any atom is -0.397 e. The van der Waals surface area contributed by atoms with Gasteiger partial charge in [0, 0.05) is 20.1 Å². The molecular formula is C12H18F3N3. The Morgan fingerprint density at radius 3 is 2.17 bits per heavy atom. The summed E-state index contributed by atoms with van der Waals surface area (Å²) in [5, 5.41) is 0. The Balaban J connectivity index is 2.85. The lowest BCUT2D eigenvalue weighted by Gasteiger charge is -2.23. The minimum atomic E-state index is -4.35. The number of benzene rings is 1. The van der Waals surface area contributed by atoms with Crippen LogP contribution in [0.1, 0.15) is 5.56 Å². The van der Waals surface area contributed by atoms with E-state index in [0.29, 0.717) is 12.2 Å². The number of hydrogen-bond acceptors (Lipinski definition) is 3. The van der Waals surface area contributed by atoms with Crippen LogP contribution in [-0.2, 0) is 6.18 Å². The lowest BCUT2D eigenvalue weighted by molar-refractivity contribution is -0.137. The number of nitrogen functional groups attached to an aromatic ring is 1. The summed E-state index contributed by atoms with van der Waals surface area (Å²) in [4.78, 5) is 3.84. The summed E-state index contributed by atoms with van der Waals surface area (Å²) in [5.74, 6) is 0. The van der Waals surface area contributed by atoms with Gasteiger partial charge in [0.2, 0.25) is 0 Å². The van der Waals surface area contributed by atoms with Gasteiger partial charge in [0.25, 0.3) is 0 Å². The molecular weight excluding hydrogens is 243 g/mol. The molecule has 0 saturated carbocycles. The molecule has 0 radical (unpaired) electrons. The summed E-state index contributed by atoms with van der Waals surface area (Å²) in [5.41, 5.74) is 5.71. The minimum absolute atomic E-state index is 0.145. The Morgan fingerprint density at radius 2 is 1.72 bits per heavy atom. The summed E-state index contributed by atoms with van der Waals surface area (Å²) in [6.45, 7) is 1.50. The standard InChI is InChI=1S/C12H18F3N3/c1-17(2)6-7-18(3)11-5-4-9(8-10(11)16)12(13,14)15/h4-5,8H,6-7,16H2,1-3H3. The predicted molar refractivity (Wildman–Crippen MR) is 67.7 cm³/mol. The van der Waals surface area contributed by atoms with Crippen LogP contribution in [0, 0.1) is 0 Å². The normalized spacial score (nSPS) is 11.9. The van der Waals surface area contributed by atoms with Gasteiger partial charge >= 0.3 is 6.18 Å². The molecule has 1 rings (SSSR count). The zero-order valence-corrected chi connectivity index (χ0v) is 10.8. The Bertz CT molecular complexity index is 402. The molecule has 0 unspecified atom stereocenters. The van der Waals surface area contributed by atoms with Crippen LogP contribution in [0.5, 0.6) is 0 Å². The number of nitrogens with zero attached hydrogens (tertiary/aromatic N) is 2. The van der Waals surface area contributed by atoms with Crippen molar-refractivity contribution < 1.29 is 13.2 Å². The van der Waals surface area contributed by atoms with Crippen molar-refractivity contribution in [2.75, 3.05) is 44.9 Å². The lowest BCUT2D eigenvalue weighted by Crippen LogP contribution is -2.29. The van der Waals surface area contributed by atoms with E-state index in [-0.39, 0.29) is 5.69 Å². The molecule has 0 heterocycles. The number of likely N-dealkylation sites (N-methyl/N-ethyl adjacent to an activating group) is 2. The van der Waals surface area contributed by atoms with Crippen LogP contribution >= 0.6 is 0 Å². The van der Waals surface area contributed by atoms with E-state index in [9.17, 15) is 13.2 Å². The molecule has 0 saturated heterocycles. The third-order valence-corrected chi connectivity index (χ3v) is 2.65. The van der Waals surface area contributed by atoms with Gasteiger partial charge in [-0.2, -0.15) is 13.2 Å². The molecule has 2 N–H and O–H groups in total. The van der Waals surface area contributed by atoms with Crippen molar-refractivity contribution in [2.45, 2.75) is 6.18 Å². The second-order valence-electron chi connectivity index (χ2n) is 4.50. The number of rotatable bonds is 4. The van der Waals surface area contributed by atoms with E-state index in [1.807, 2.05) is 30.9 Å². The van der Waals surface area contributed by atoms with E-state index < -0.39 is 11.7 Å². The third kappa shape index (κ3) is 3.80. The first-order chi connectivity index (χ1) is 8.21. The van der Waals surface area contributed by atoms with E-state index in [1.165, 1.54) is 6.07 Å². The smallest absolute Gasteiger partial charge is 0.397 e. The largest absolute Gasteiger partial charge is 0.416 e. The molecule has 1 aromatic carbocycles. The fourth-order valence-corrected chi connectivity index (χ4v) is 1.55. The first-order valence-electron chi connectivity index (χ1n) is 5.54. The Morgan fingerprint density at radius 1 is 1.11 bits per heavy atom. The Hall–Kier alpha value is -1.43. The highest BCUT2D eigenvalue weighted by molar-refractivity contribution is 5.68. The van der Waals surface area contributed by atoms with Crippen LogP contribution in [-0.4, -0.2) is 39.1 Å². The monoisotopic (exact) mass is 261 g/mol. The fourth-order valence-electron chi connectivity index (χ4n) is 1.55. The lowest BCUT2D eigenvalue weighted by atomic mass is 10.1. The van der Waals surface area contributed by atoms with Gasteiger partial charge in [0.1, 0.15) is 0 Å². The second kappa shape index (κ2) is 5.48. The van der Waals surface area contributed by atoms with Gasteiger partial charge in [-0.05, 0) is 32.3 Å². The molecule has 0 fully saturated rings. The van der Waals surface area contributed by atoms with Gasteiger partial charge in [-0.3, -0.25) is 0 Å². The van der Waals surface area contributed by atoms with Crippen molar-refractivity contribution in [3.8, 4) is 0 Å². The van der Waals surface area contributed by atoms with Crippen LogP contribution in [0.15, 0.2) is 18.2 Å². The predicted octanol–water partition coefficient (Wildman–Crippen LogP) is 2.29. The molecule has 6 heteroatoms. The molecule has 0 atom stereocenters. The Kier molecular flexibility index (Phi) is 4.45. The molecule has 0 spiro atoms. The van der Waals surface area contributed by atoms with Crippen molar-refractivity contribution in [3.05, 3.63) is 23.8 Å². The summed E-state index contributed by atoms with van der Waals surface area (Å²) in [6, 6.07) is 3.44. The molecule has 0 aromatic heterocycles. The van der Waals surface area contributed by atoms with Gasteiger partial charge in [0.15, 0.2) is 0 Å². The SMILES string of the molecule is CN(C)CCN(C)c1ccc(C(F)(F)F)cc1N. The van der Waals surface area contributed by atoms with Gasteiger partial charge in [-0.1, -0.05) is 0 Å². The maximum Gasteiger partial charge on any atom is 0.416 e. The third-order valence-electron chi connectivity index (χ3n) is 2.65. The van der Waals surface area contributed by atoms with Crippen LogP contribution in [0.4, 0.5) is 24.5 Å². The van der Waals surface area contributed by atoms with Gasteiger partial charge in [-0.15, -0.1) is 0 Å². The van der Waals surface area contributed by atoms with E-state index in [1.54, 1.807) is 0 Å². The maximum atomic E-state index is 12.5. The molecule has 3 nitrogen and oxygen atoms in total. The number of alkyl halides is 3. The molecule has 1 aromatic rings. The number of halogens is 3. The van der Waals surface area contributed by atoms with E-state index in [0.717, 1.165) is 18.7 Å². The van der Waals surface area contributed by atoms with Crippen molar-refractivity contribution in [2.24, 2.45) is 0 Å². The highest BCUT2D eigenvalue weighted by Gasteiger charge is 2.30. The average Bonchev–Trinajstić information content (AvgIpc) is 2.24. The van der Waals surface area contributed by atoms with E-state index in [4.69, 9.17) is 5.73 Å². The average molecular weight is 261 g/mol. The second-order valence-corrected chi connectivity index (χ2v) is 4.50. The topological polar surface area (TPSA) is 32.5 Å². The van der Waals surface area contributed by atoms with Gasteiger partial charge in [-0.25, -0.2) is 0 Å². The molecule has 0 aliphatic heterocycles. The molecule has 18 heavy (non-hydrogen) atoms. The molecule has 102 valence electrons. The van der Waals surface area contributed by atoms with Crippen molar-refractivity contribution in [3.63, 3.8) is 0 Å². The highest BCUT2D eigenvalue weighted by atomic mass is 19.4. The maximum absolute atomic E-state index is 12.5. The van der Waals surface area contributed by atoms with Crippen molar-refractivity contribution in [1.82, 2.24) is 4.90 Å². The number of hydrogen-bond donors (Lipinski definition) is 1. The molecule has 0 bridgehead atoms. The van der Waals surface area contributed by atoms with Crippen LogP contribution in [0.3, 0.4) is 0 Å². The molecule has 0 amide bonds. The molecule has 0 aliphatic carbocycles. The quantitative estimate of drug-likeness (QED) is 0.844.